The number of rotatable bonds is 6. The van der Waals surface area contributed by atoms with Crippen LogP contribution in [0.2, 0.25) is 0 Å². The van der Waals surface area contributed by atoms with Gasteiger partial charge in [-0.15, -0.1) is 0 Å². The van der Waals surface area contributed by atoms with Gasteiger partial charge in [0.25, 0.3) is 0 Å². The molecule has 2 rings (SSSR count). The Bertz CT molecular complexity index is 682. The number of nitrogens with zero attached hydrogens (tertiary/aromatic N) is 2. The lowest BCUT2D eigenvalue weighted by molar-refractivity contribution is 0.387. The van der Waals surface area contributed by atoms with Crippen LogP contribution in [0.4, 0.5) is 5.69 Å². The molecule has 0 saturated carbocycles. The minimum atomic E-state index is -3.57. The molecule has 0 amide bonds. The molecule has 0 bridgehead atoms. The number of aryl methyl sites for hydroxylation is 1. The summed E-state index contributed by atoms with van der Waals surface area (Å²) in [6, 6.07) is 6.70. The highest BCUT2D eigenvalue weighted by Gasteiger charge is 2.17. The number of hydrogen-bond donors (Lipinski definition) is 2. The van der Waals surface area contributed by atoms with Crippen molar-refractivity contribution >= 4 is 15.7 Å². The molecule has 7 nitrogen and oxygen atoms in total. The van der Waals surface area contributed by atoms with Crippen molar-refractivity contribution in [1.82, 2.24) is 14.9 Å². The van der Waals surface area contributed by atoms with Crippen LogP contribution in [-0.4, -0.2) is 32.2 Å². The molecule has 0 aliphatic carbocycles. The Balaban J connectivity index is 2.04. The molecule has 2 aromatic rings. The molecule has 1 heterocycles. The van der Waals surface area contributed by atoms with E-state index in [0.29, 0.717) is 23.8 Å². The fourth-order valence-electron chi connectivity index (χ4n) is 1.73. The van der Waals surface area contributed by atoms with Crippen LogP contribution in [0, 0.1) is 6.92 Å². The summed E-state index contributed by atoms with van der Waals surface area (Å²) in [5.41, 5.74) is 0.551. The second kappa shape index (κ2) is 6.02. The Morgan fingerprint density at radius 3 is 2.70 bits per heavy atom. The minimum absolute atomic E-state index is 0.208. The van der Waals surface area contributed by atoms with Gasteiger partial charge in [-0.1, -0.05) is 17.3 Å². The van der Waals surface area contributed by atoms with Gasteiger partial charge in [-0.05, 0) is 12.1 Å². The zero-order chi connectivity index (χ0) is 14.6. The van der Waals surface area contributed by atoms with Crippen LogP contribution in [0.1, 0.15) is 11.7 Å². The minimum Gasteiger partial charge on any atom is -0.387 e. The number of nitrogens with one attached hydrogen (secondary N) is 2. The molecule has 20 heavy (non-hydrogen) atoms. The fourth-order valence-corrected chi connectivity index (χ4v) is 2.97. The summed E-state index contributed by atoms with van der Waals surface area (Å²) < 4.78 is 31.7. The summed E-state index contributed by atoms with van der Waals surface area (Å²) in [6.07, 6.45) is 0.373. The highest BCUT2D eigenvalue weighted by molar-refractivity contribution is 7.89. The molecule has 0 radical (unpaired) electrons. The van der Waals surface area contributed by atoms with Crippen molar-refractivity contribution < 1.29 is 12.9 Å². The topological polar surface area (TPSA) is 97.1 Å². The second-order valence-corrected chi connectivity index (χ2v) is 5.86. The first-order valence-electron chi connectivity index (χ1n) is 6.08. The maximum atomic E-state index is 12.2. The van der Waals surface area contributed by atoms with E-state index in [1.807, 2.05) is 0 Å². The zero-order valence-electron chi connectivity index (χ0n) is 11.3. The quantitative estimate of drug-likeness (QED) is 0.823. The van der Waals surface area contributed by atoms with E-state index in [2.05, 4.69) is 20.2 Å². The van der Waals surface area contributed by atoms with E-state index in [0.717, 1.165) is 0 Å². The van der Waals surface area contributed by atoms with Crippen molar-refractivity contribution in [2.45, 2.75) is 18.2 Å². The third-order valence-corrected chi connectivity index (χ3v) is 4.18. The normalized spacial score (nSPS) is 11.5. The lowest BCUT2D eigenvalue weighted by Gasteiger charge is -2.10. The molecule has 1 aromatic carbocycles. The van der Waals surface area contributed by atoms with Gasteiger partial charge in [-0.25, -0.2) is 13.1 Å². The summed E-state index contributed by atoms with van der Waals surface area (Å²) in [5.74, 6) is 0.940. The molecule has 0 aliphatic rings. The Hall–Kier alpha value is -1.93. The van der Waals surface area contributed by atoms with Gasteiger partial charge >= 0.3 is 0 Å². The molecular weight excluding hydrogens is 280 g/mol. The average molecular weight is 296 g/mol. The third-order valence-electron chi connectivity index (χ3n) is 2.66. The molecule has 0 fully saturated rings. The van der Waals surface area contributed by atoms with Crippen LogP contribution in [0.5, 0.6) is 0 Å². The summed E-state index contributed by atoms with van der Waals surface area (Å²) in [5, 5.41) is 6.56. The van der Waals surface area contributed by atoms with Crippen LogP contribution in [0.25, 0.3) is 0 Å². The highest BCUT2D eigenvalue weighted by atomic mass is 32.2. The molecule has 0 aliphatic heterocycles. The van der Waals surface area contributed by atoms with Crippen molar-refractivity contribution in [3.05, 3.63) is 36.0 Å². The first kappa shape index (κ1) is 14.5. The molecule has 0 atom stereocenters. The SMILES string of the molecule is CNc1ccccc1S(=O)(=O)NCCc1noc(C)n1. The zero-order valence-corrected chi connectivity index (χ0v) is 12.1. The predicted octanol–water partition coefficient (Wildman–Crippen LogP) is 0.941. The van der Waals surface area contributed by atoms with Gasteiger partial charge < -0.3 is 9.84 Å². The molecule has 1 aromatic heterocycles. The summed E-state index contributed by atoms with van der Waals surface area (Å²) >= 11 is 0. The molecule has 8 heteroatoms. The molecule has 0 unspecified atom stereocenters. The number of benzene rings is 1. The van der Waals surface area contributed by atoms with E-state index >= 15 is 0 Å². The summed E-state index contributed by atoms with van der Waals surface area (Å²) in [7, 11) is -1.89. The van der Waals surface area contributed by atoms with E-state index in [4.69, 9.17) is 4.52 Å². The Morgan fingerprint density at radius 2 is 2.05 bits per heavy atom. The first-order chi connectivity index (χ1) is 9.53. The first-order valence-corrected chi connectivity index (χ1v) is 7.57. The second-order valence-electron chi connectivity index (χ2n) is 4.12. The van der Waals surface area contributed by atoms with Crippen LogP contribution < -0.4 is 10.0 Å². The van der Waals surface area contributed by atoms with Crippen LogP contribution >= 0.6 is 0 Å². The number of aromatic nitrogens is 2. The molecule has 108 valence electrons. The molecule has 0 saturated heterocycles. The van der Waals surface area contributed by atoms with E-state index in [1.165, 1.54) is 0 Å². The van der Waals surface area contributed by atoms with E-state index < -0.39 is 10.0 Å². The third kappa shape index (κ3) is 3.34. The Labute approximate surface area is 117 Å². The van der Waals surface area contributed by atoms with E-state index in [1.54, 1.807) is 38.2 Å². The maximum Gasteiger partial charge on any atom is 0.242 e. The Kier molecular flexibility index (Phi) is 4.35. The van der Waals surface area contributed by atoms with Crippen LogP contribution in [-0.2, 0) is 16.4 Å². The molecule has 0 spiro atoms. The van der Waals surface area contributed by atoms with Gasteiger partial charge in [-0.3, -0.25) is 0 Å². The Morgan fingerprint density at radius 1 is 1.30 bits per heavy atom. The van der Waals surface area contributed by atoms with Crippen LogP contribution in [0.15, 0.2) is 33.7 Å². The van der Waals surface area contributed by atoms with Crippen molar-refractivity contribution in [2.24, 2.45) is 0 Å². The van der Waals surface area contributed by atoms with Gasteiger partial charge in [0.1, 0.15) is 4.90 Å². The lowest BCUT2D eigenvalue weighted by atomic mass is 10.3. The monoisotopic (exact) mass is 296 g/mol. The van der Waals surface area contributed by atoms with Gasteiger partial charge in [0.15, 0.2) is 5.82 Å². The standard InChI is InChI=1S/C12H16N4O3S/c1-9-15-12(16-19-9)7-8-14-20(17,18)11-6-4-3-5-10(11)13-2/h3-6,13-14H,7-8H2,1-2H3. The van der Waals surface area contributed by atoms with Crippen molar-refractivity contribution in [3.63, 3.8) is 0 Å². The molecule has 2 N–H and O–H groups in total. The van der Waals surface area contributed by atoms with Gasteiger partial charge in [0.05, 0.1) is 5.69 Å². The van der Waals surface area contributed by atoms with Gasteiger partial charge in [-0.2, -0.15) is 4.98 Å². The van der Waals surface area contributed by atoms with Crippen molar-refractivity contribution in [3.8, 4) is 0 Å². The largest absolute Gasteiger partial charge is 0.387 e. The number of sulfonamides is 1. The lowest BCUT2D eigenvalue weighted by Crippen LogP contribution is -2.26. The van der Waals surface area contributed by atoms with Gasteiger partial charge in [0, 0.05) is 26.9 Å². The highest BCUT2D eigenvalue weighted by Crippen LogP contribution is 2.19. The van der Waals surface area contributed by atoms with Crippen molar-refractivity contribution in [1.29, 1.82) is 0 Å². The smallest absolute Gasteiger partial charge is 0.242 e. The fraction of sp³-hybridized carbons (Fsp3) is 0.333. The summed E-state index contributed by atoms with van der Waals surface area (Å²) in [4.78, 5) is 4.23. The predicted molar refractivity (Wildman–Crippen MR) is 73.9 cm³/mol. The van der Waals surface area contributed by atoms with Crippen molar-refractivity contribution in [2.75, 3.05) is 18.9 Å². The summed E-state index contributed by atoms with van der Waals surface area (Å²) in [6.45, 7) is 1.89. The molecular formula is C12H16N4O3S. The van der Waals surface area contributed by atoms with Gasteiger partial charge in [0.2, 0.25) is 15.9 Å². The number of anilines is 1. The maximum absolute atomic E-state index is 12.2. The van der Waals surface area contributed by atoms with Crippen LogP contribution in [0.3, 0.4) is 0 Å². The van der Waals surface area contributed by atoms with E-state index in [-0.39, 0.29) is 11.4 Å². The van der Waals surface area contributed by atoms with E-state index in [9.17, 15) is 8.42 Å². The average Bonchev–Trinajstić information content (AvgIpc) is 2.84. The number of para-hydroxylation sites is 1. The number of hydrogen-bond acceptors (Lipinski definition) is 6.